The van der Waals surface area contributed by atoms with Crippen molar-refractivity contribution in [2.75, 3.05) is 0 Å². The Balaban J connectivity index is 2.00. The van der Waals surface area contributed by atoms with E-state index in [9.17, 15) is 9.59 Å². The van der Waals surface area contributed by atoms with Gasteiger partial charge in [0.05, 0.1) is 6.54 Å². The molecule has 2 aromatic rings. The molecule has 3 amide bonds. The molecule has 1 heterocycles. The first kappa shape index (κ1) is 18.0. The lowest BCUT2D eigenvalue weighted by Crippen LogP contribution is -2.43. The predicted molar refractivity (Wildman–Crippen MR) is 96.9 cm³/mol. The highest BCUT2D eigenvalue weighted by molar-refractivity contribution is 7.11. The third-order valence-corrected chi connectivity index (χ3v) is 4.65. The zero-order valence-electron chi connectivity index (χ0n) is 14.2. The summed E-state index contributed by atoms with van der Waals surface area (Å²) in [6.07, 6.45) is 0. The number of thiophene rings is 1. The normalized spacial score (nSPS) is 10.7. The van der Waals surface area contributed by atoms with E-state index in [0.717, 1.165) is 10.4 Å². The SMILES string of the molecule is Cc1ccc(CN(C(=O)NCc2cccc(C(N)=O)c2)C(C)C)s1. The predicted octanol–water partition coefficient (Wildman–Crippen LogP) is 3.28. The maximum atomic E-state index is 12.5. The molecule has 128 valence electrons. The lowest BCUT2D eigenvalue weighted by atomic mass is 10.1. The summed E-state index contributed by atoms with van der Waals surface area (Å²) in [5.74, 6) is -0.472. The second-order valence-electron chi connectivity index (χ2n) is 5.96. The van der Waals surface area contributed by atoms with Crippen LogP contribution in [0.15, 0.2) is 36.4 Å². The van der Waals surface area contributed by atoms with Gasteiger partial charge in [-0.1, -0.05) is 12.1 Å². The summed E-state index contributed by atoms with van der Waals surface area (Å²) in [4.78, 5) is 27.9. The van der Waals surface area contributed by atoms with Gasteiger partial charge < -0.3 is 16.0 Å². The largest absolute Gasteiger partial charge is 0.366 e. The number of nitrogens with zero attached hydrogens (tertiary/aromatic N) is 1. The van der Waals surface area contributed by atoms with Gasteiger partial charge in [-0.15, -0.1) is 11.3 Å². The van der Waals surface area contributed by atoms with Crippen molar-refractivity contribution in [2.45, 2.75) is 39.9 Å². The van der Waals surface area contributed by atoms with Crippen LogP contribution in [0.4, 0.5) is 4.79 Å². The average molecular weight is 345 g/mol. The van der Waals surface area contributed by atoms with Crippen molar-refractivity contribution in [3.05, 3.63) is 57.3 Å². The number of nitrogens with two attached hydrogens (primary N) is 1. The van der Waals surface area contributed by atoms with Crippen LogP contribution in [0.25, 0.3) is 0 Å². The number of hydrogen-bond donors (Lipinski definition) is 2. The third kappa shape index (κ3) is 4.83. The third-order valence-electron chi connectivity index (χ3n) is 3.66. The lowest BCUT2D eigenvalue weighted by molar-refractivity contribution is 0.1000. The molecule has 0 fully saturated rings. The van der Waals surface area contributed by atoms with Crippen LogP contribution < -0.4 is 11.1 Å². The van der Waals surface area contributed by atoms with E-state index in [0.29, 0.717) is 18.7 Å². The first-order chi connectivity index (χ1) is 11.4. The number of benzene rings is 1. The Kier molecular flexibility index (Phi) is 5.98. The zero-order valence-corrected chi connectivity index (χ0v) is 15.0. The molecule has 1 aromatic carbocycles. The van der Waals surface area contributed by atoms with Crippen LogP contribution in [0.2, 0.25) is 0 Å². The maximum absolute atomic E-state index is 12.5. The summed E-state index contributed by atoms with van der Waals surface area (Å²) >= 11 is 1.70. The van der Waals surface area contributed by atoms with Gasteiger partial charge in [0.2, 0.25) is 5.91 Å². The van der Waals surface area contributed by atoms with E-state index in [1.807, 2.05) is 19.9 Å². The molecule has 1 aromatic heterocycles. The molecule has 24 heavy (non-hydrogen) atoms. The molecule has 2 rings (SSSR count). The van der Waals surface area contributed by atoms with Crippen molar-refractivity contribution in [1.82, 2.24) is 10.2 Å². The summed E-state index contributed by atoms with van der Waals surface area (Å²) in [6, 6.07) is 11.1. The molecule has 0 unspecified atom stereocenters. The quantitative estimate of drug-likeness (QED) is 0.843. The van der Waals surface area contributed by atoms with Crippen LogP contribution in [0.1, 0.15) is 39.5 Å². The number of rotatable bonds is 6. The van der Waals surface area contributed by atoms with Crippen LogP contribution >= 0.6 is 11.3 Å². The van der Waals surface area contributed by atoms with Crippen molar-refractivity contribution in [3.63, 3.8) is 0 Å². The van der Waals surface area contributed by atoms with Crippen molar-refractivity contribution < 1.29 is 9.59 Å². The van der Waals surface area contributed by atoms with Crippen LogP contribution in [0.3, 0.4) is 0 Å². The van der Waals surface area contributed by atoms with Crippen molar-refractivity contribution in [2.24, 2.45) is 5.73 Å². The Morgan fingerprint density at radius 3 is 2.58 bits per heavy atom. The van der Waals surface area contributed by atoms with Gasteiger partial charge in [0, 0.05) is 27.9 Å². The van der Waals surface area contributed by atoms with E-state index in [1.54, 1.807) is 34.4 Å². The minimum Gasteiger partial charge on any atom is -0.366 e. The van der Waals surface area contributed by atoms with Gasteiger partial charge in [-0.25, -0.2) is 4.79 Å². The van der Waals surface area contributed by atoms with E-state index >= 15 is 0 Å². The molecule has 0 radical (unpaired) electrons. The highest BCUT2D eigenvalue weighted by Crippen LogP contribution is 2.18. The number of amides is 3. The summed E-state index contributed by atoms with van der Waals surface area (Å²) in [5.41, 5.74) is 6.57. The number of carbonyl (C=O) groups is 2. The fourth-order valence-electron chi connectivity index (χ4n) is 2.34. The molecule has 3 N–H and O–H groups in total. The van der Waals surface area contributed by atoms with Crippen molar-refractivity contribution in [3.8, 4) is 0 Å². The summed E-state index contributed by atoms with van der Waals surface area (Å²) < 4.78 is 0. The smallest absolute Gasteiger partial charge is 0.318 e. The Morgan fingerprint density at radius 2 is 2.00 bits per heavy atom. The van der Waals surface area contributed by atoms with Gasteiger partial charge in [0.1, 0.15) is 0 Å². The van der Waals surface area contributed by atoms with Crippen molar-refractivity contribution in [1.29, 1.82) is 0 Å². The zero-order chi connectivity index (χ0) is 17.7. The topological polar surface area (TPSA) is 75.4 Å². The standard InChI is InChI=1S/C18H23N3O2S/c1-12(2)21(11-16-8-7-13(3)24-16)18(23)20-10-14-5-4-6-15(9-14)17(19)22/h4-9,12H,10-11H2,1-3H3,(H2,19,22)(H,20,23). The van der Waals surface area contributed by atoms with Crippen LogP contribution in [0, 0.1) is 6.92 Å². The van der Waals surface area contributed by atoms with Crippen molar-refractivity contribution >= 4 is 23.3 Å². The van der Waals surface area contributed by atoms with E-state index in [1.165, 1.54) is 4.88 Å². The molecule has 0 saturated carbocycles. The lowest BCUT2D eigenvalue weighted by Gasteiger charge is -2.26. The molecule has 0 bridgehead atoms. The van der Waals surface area contributed by atoms with Gasteiger partial charge in [0.25, 0.3) is 0 Å². The molecular weight excluding hydrogens is 322 g/mol. The Morgan fingerprint density at radius 1 is 1.25 bits per heavy atom. The number of urea groups is 1. The first-order valence-electron chi connectivity index (χ1n) is 7.85. The molecule has 6 heteroatoms. The van der Waals surface area contributed by atoms with E-state index < -0.39 is 5.91 Å². The van der Waals surface area contributed by atoms with Gasteiger partial charge in [-0.3, -0.25) is 4.79 Å². The highest BCUT2D eigenvalue weighted by atomic mass is 32.1. The summed E-state index contributed by atoms with van der Waals surface area (Å²) in [6.45, 7) is 6.98. The molecule has 0 spiro atoms. The molecular formula is C18H23N3O2S. The molecule has 0 aliphatic carbocycles. The molecule has 0 aliphatic rings. The molecule has 0 saturated heterocycles. The number of carbonyl (C=O) groups excluding carboxylic acids is 2. The average Bonchev–Trinajstić information content (AvgIpc) is 2.95. The van der Waals surface area contributed by atoms with Crippen LogP contribution in [-0.4, -0.2) is 22.9 Å². The van der Waals surface area contributed by atoms with Gasteiger partial charge in [0.15, 0.2) is 0 Å². The van der Waals surface area contributed by atoms with Gasteiger partial charge >= 0.3 is 6.03 Å². The maximum Gasteiger partial charge on any atom is 0.318 e. The monoisotopic (exact) mass is 345 g/mol. The number of hydrogen-bond acceptors (Lipinski definition) is 3. The Hall–Kier alpha value is -2.34. The van der Waals surface area contributed by atoms with Crippen LogP contribution in [0.5, 0.6) is 0 Å². The molecule has 5 nitrogen and oxygen atoms in total. The van der Waals surface area contributed by atoms with Gasteiger partial charge in [-0.2, -0.15) is 0 Å². The Bertz CT molecular complexity index is 725. The highest BCUT2D eigenvalue weighted by Gasteiger charge is 2.17. The van der Waals surface area contributed by atoms with Crippen LogP contribution in [-0.2, 0) is 13.1 Å². The number of primary amides is 1. The second-order valence-corrected chi connectivity index (χ2v) is 7.33. The minimum atomic E-state index is -0.472. The molecule has 0 aliphatic heterocycles. The summed E-state index contributed by atoms with van der Waals surface area (Å²) in [5, 5.41) is 2.91. The fourth-order valence-corrected chi connectivity index (χ4v) is 3.23. The number of aryl methyl sites for hydroxylation is 1. The van der Waals surface area contributed by atoms with E-state index in [2.05, 4.69) is 24.4 Å². The second kappa shape index (κ2) is 7.97. The van der Waals surface area contributed by atoms with E-state index in [4.69, 9.17) is 5.73 Å². The minimum absolute atomic E-state index is 0.0874. The number of nitrogens with one attached hydrogen (secondary N) is 1. The Labute approximate surface area is 146 Å². The van der Waals surface area contributed by atoms with Gasteiger partial charge in [-0.05, 0) is 50.6 Å². The van der Waals surface area contributed by atoms with E-state index in [-0.39, 0.29) is 12.1 Å². The fraction of sp³-hybridized carbons (Fsp3) is 0.333. The summed E-state index contributed by atoms with van der Waals surface area (Å²) in [7, 11) is 0. The first-order valence-corrected chi connectivity index (χ1v) is 8.67. The molecule has 0 atom stereocenters.